The molecule has 0 N–H and O–H groups in total. The van der Waals surface area contributed by atoms with Crippen molar-refractivity contribution in [3.8, 4) is 11.5 Å². The summed E-state index contributed by atoms with van der Waals surface area (Å²) in [6, 6.07) is 4.08. The Balaban J connectivity index is 1.57. The molecule has 0 atom stereocenters. The maximum atomic E-state index is 6.32. The molecule has 2 aliphatic rings. The molecule has 0 spiro atoms. The lowest BCUT2D eigenvalue weighted by Crippen LogP contribution is -2.36. The summed E-state index contributed by atoms with van der Waals surface area (Å²) in [6.07, 6.45) is 3.03. The van der Waals surface area contributed by atoms with Crippen molar-refractivity contribution in [1.29, 1.82) is 0 Å². The molecule has 4 nitrogen and oxygen atoms in total. The van der Waals surface area contributed by atoms with Gasteiger partial charge in [0, 0.05) is 19.5 Å². The van der Waals surface area contributed by atoms with Crippen LogP contribution in [0.4, 0.5) is 0 Å². The van der Waals surface area contributed by atoms with Crippen LogP contribution in [0.1, 0.15) is 18.4 Å². The first-order chi connectivity index (χ1) is 10.3. The maximum Gasteiger partial charge on any atom is 0.179 e. The molecule has 0 saturated carbocycles. The number of benzene rings is 1. The van der Waals surface area contributed by atoms with E-state index in [-0.39, 0.29) is 0 Å². The van der Waals surface area contributed by atoms with E-state index in [0.717, 1.165) is 57.9 Å². The monoisotopic (exact) mass is 311 g/mol. The first kappa shape index (κ1) is 14.9. The highest BCUT2D eigenvalue weighted by Crippen LogP contribution is 2.38. The van der Waals surface area contributed by atoms with E-state index in [1.54, 1.807) is 0 Å². The van der Waals surface area contributed by atoms with E-state index in [1.807, 2.05) is 6.07 Å². The van der Waals surface area contributed by atoms with Crippen molar-refractivity contribution in [2.45, 2.75) is 19.3 Å². The van der Waals surface area contributed by atoms with Gasteiger partial charge in [-0.15, -0.1) is 0 Å². The van der Waals surface area contributed by atoms with Crippen LogP contribution in [0, 0.1) is 0 Å². The average molecular weight is 312 g/mol. The summed E-state index contributed by atoms with van der Waals surface area (Å²) in [6.45, 7) is 6.27. The third-order valence-corrected chi connectivity index (χ3v) is 4.19. The first-order valence-corrected chi connectivity index (χ1v) is 8.09. The number of rotatable bonds is 4. The largest absolute Gasteiger partial charge is 0.489 e. The SMILES string of the molecule is Clc1cc(CCCN2CCOCC2)cc2c1OCCCO2. The molecule has 116 valence electrons. The number of aryl methyl sites for hydroxylation is 1. The van der Waals surface area contributed by atoms with Crippen LogP contribution in [0.3, 0.4) is 0 Å². The van der Waals surface area contributed by atoms with Gasteiger partial charge < -0.3 is 14.2 Å². The Morgan fingerprint density at radius 1 is 1.05 bits per heavy atom. The Kier molecular flexibility index (Phi) is 5.22. The molecule has 2 aliphatic heterocycles. The van der Waals surface area contributed by atoms with Gasteiger partial charge in [0.2, 0.25) is 0 Å². The summed E-state index contributed by atoms with van der Waals surface area (Å²) in [4.78, 5) is 2.45. The third-order valence-electron chi connectivity index (χ3n) is 3.91. The summed E-state index contributed by atoms with van der Waals surface area (Å²) < 4.78 is 16.7. The van der Waals surface area contributed by atoms with Gasteiger partial charge in [-0.25, -0.2) is 0 Å². The standard InChI is InChI=1S/C16H22ClNO3/c17-14-11-13(3-1-4-18-5-9-19-10-6-18)12-15-16(14)21-8-2-7-20-15/h11-12H,1-10H2. The molecule has 0 aromatic heterocycles. The Morgan fingerprint density at radius 3 is 2.71 bits per heavy atom. The molecular formula is C16H22ClNO3. The van der Waals surface area contributed by atoms with Gasteiger partial charge in [-0.3, -0.25) is 4.90 Å². The molecule has 1 aromatic rings. The van der Waals surface area contributed by atoms with E-state index in [4.69, 9.17) is 25.8 Å². The van der Waals surface area contributed by atoms with Crippen molar-refractivity contribution in [3.05, 3.63) is 22.7 Å². The Labute approximate surface area is 130 Å². The molecule has 0 bridgehead atoms. The number of halogens is 1. The van der Waals surface area contributed by atoms with Crippen molar-refractivity contribution in [3.63, 3.8) is 0 Å². The van der Waals surface area contributed by atoms with Crippen LogP contribution in [0.15, 0.2) is 12.1 Å². The lowest BCUT2D eigenvalue weighted by Gasteiger charge is -2.26. The van der Waals surface area contributed by atoms with Gasteiger partial charge in [0.1, 0.15) is 0 Å². The molecular weight excluding hydrogens is 290 g/mol. The van der Waals surface area contributed by atoms with Crippen LogP contribution in [0.5, 0.6) is 11.5 Å². The summed E-state index contributed by atoms with van der Waals surface area (Å²) in [5, 5.41) is 0.663. The van der Waals surface area contributed by atoms with E-state index < -0.39 is 0 Å². The number of hydrogen-bond acceptors (Lipinski definition) is 4. The molecule has 5 heteroatoms. The quantitative estimate of drug-likeness (QED) is 0.855. The number of ether oxygens (including phenoxy) is 3. The van der Waals surface area contributed by atoms with Gasteiger partial charge in [-0.2, -0.15) is 0 Å². The van der Waals surface area contributed by atoms with Crippen LogP contribution in [0.2, 0.25) is 5.02 Å². The molecule has 0 unspecified atom stereocenters. The second kappa shape index (κ2) is 7.34. The van der Waals surface area contributed by atoms with Crippen molar-refractivity contribution in [1.82, 2.24) is 4.90 Å². The Morgan fingerprint density at radius 2 is 1.86 bits per heavy atom. The van der Waals surface area contributed by atoms with E-state index in [0.29, 0.717) is 24.0 Å². The Bertz CT molecular complexity index is 475. The van der Waals surface area contributed by atoms with Crippen LogP contribution in [0.25, 0.3) is 0 Å². The van der Waals surface area contributed by atoms with Gasteiger partial charge in [0.05, 0.1) is 31.5 Å². The number of fused-ring (bicyclic) bond motifs is 1. The molecule has 0 aliphatic carbocycles. The van der Waals surface area contributed by atoms with Gasteiger partial charge >= 0.3 is 0 Å². The highest BCUT2D eigenvalue weighted by atomic mass is 35.5. The second-order valence-corrected chi connectivity index (χ2v) is 5.92. The zero-order valence-corrected chi connectivity index (χ0v) is 13.0. The van der Waals surface area contributed by atoms with Gasteiger partial charge in [0.25, 0.3) is 0 Å². The molecule has 0 amide bonds. The van der Waals surface area contributed by atoms with Crippen LogP contribution >= 0.6 is 11.6 Å². The first-order valence-electron chi connectivity index (χ1n) is 7.71. The topological polar surface area (TPSA) is 30.9 Å². The number of hydrogen-bond donors (Lipinski definition) is 0. The van der Waals surface area contributed by atoms with Crippen molar-refractivity contribution in [2.24, 2.45) is 0 Å². The highest BCUT2D eigenvalue weighted by molar-refractivity contribution is 6.32. The van der Waals surface area contributed by atoms with Crippen LogP contribution < -0.4 is 9.47 Å². The normalized spacial score (nSPS) is 19.3. The highest BCUT2D eigenvalue weighted by Gasteiger charge is 2.16. The van der Waals surface area contributed by atoms with Crippen molar-refractivity contribution < 1.29 is 14.2 Å². The summed E-state index contributed by atoms with van der Waals surface area (Å²) in [5.41, 5.74) is 1.22. The molecule has 1 fully saturated rings. The molecule has 3 rings (SSSR count). The zero-order valence-electron chi connectivity index (χ0n) is 12.3. The van der Waals surface area contributed by atoms with E-state index in [1.165, 1.54) is 5.56 Å². The predicted octanol–water partition coefficient (Wildman–Crippen LogP) is 2.77. The molecule has 1 aromatic carbocycles. The van der Waals surface area contributed by atoms with E-state index in [9.17, 15) is 0 Å². The number of morpholine rings is 1. The Hall–Kier alpha value is -0.970. The molecule has 2 heterocycles. The van der Waals surface area contributed by atoms with Gasteiger partial charge in [0.15, 0.2) is 11.5 Å². The molecule has 0 radical (unpaired) electrons. The van der Waals surface area contributed by atoms with Crippen LogP contribution in [-0.2, 0) is 11.2 Å². The van der Waals surface area contributed by atoms with E-state index in [2.05, 4.69) is 11.0 Å². The van der Waals surface area contributed by atoms with Crippen molar-refractivity contribution >= 4 is 11.6 Å². The predicted molar refractivity (Wildman–Crippen MR) is 82.6 cm³/mol. The lowest BCUT2D eigenvalue weighted by atomic mass is 10.1. The van der Waals surface area contributed by atoms with E-state index >= 15 is 0 Å². The minimum atomic E-state index is 0.663. The minimum absolute atomic E-state index is 0.663. The fraction of sp³-hybridized carbons (Fsp3) is 0.625. The maximum absolute atomic E-state index is 6.32. The average Bonchev–Trinajstić information content (AvgIpc) is 2.74. The zero-order chi connectivity index (χ0) is 14.5. The third kappa shape index (κ3) is 4.02. The minimum Gasteiger partial charge on any atom is -0.489 e. The fourth-order valence-electron chi connectivity index (χ4n) is 2.76. The summed E-state index contributed by atoms with van der Waals surface area (Å²) in [5.74, 6) is 1.49. The fourth-order valence-corrected chi connectivity index (χ4v) is 3.05. The number of nitrogens with zero attached hydrogens (tertiary/aromatic N) is 1. The van der Waals surface area contributed by atoms with Gasteiger partial charge in [-0.05, 0) is 37.1 Å². The molecule has 21 heavy (non-hydrogen) atoms. The smallest absolute Gasteiger partial charge is 0.179 e. The van der Waals surface area contributed by atoms with Gasteiger partial charge in [-0.1, -0.05) is 11.6 Å². The molecule has 1 saturated heterocycles. The lowest BCUT2D eigenvalue weighted by molar-refractivity contribution is 0.0374. The van der Waals surface area contributed by atoms with Crippen LogP contribution in [-0.4, -0.2) is 51.0 Å². The summed E-state index contributed by atoms with van der Waals surface area (Å²) >= 11 is 6.32. The summed E-state index contributed by atoms with van der Waals surface area (Å²) in [7, 11) is 0. The second-order valence-electron chi connectivity index (χ2n) is 5.51. The van der Waals surface area contributed by atoms with Crippen molar-refractivity contribution in [2.75, 3.05) is 46.1 Å².